The van der Waals surface area contributed by atoms with Crippen molar-refractivity contribution >= 4 is 35.5 Å². The molecule has 0 N–H and O–H groups in total. The number of carbonyl (C=O) groups excluding carboxylic acids is 3. The largest absolute Gasteiger partial charge is 0.462 e. The van der Waals surface area contributed by atoms with Crippen LogP contribution in [0.4, 0.5) is 10.6 Å². The van der Waals surface area contributed by atoms with Crippen LogP contribution in [0.25, 0.3) is 0 Å². The molecule has 3 aliphatic heterocycles. The third-order valence-corrected chi connectivity index (χ3v) is 7.64. The molecule has 3 aliphatic rings. The quantitative estimate of drug-likeness (QED) is 0.543. The van der Waals surface area contributed by atoms with E-state index in [4.69, 9.17) is 9.47 Å². The van der Waals surface area contributed by atoms with Crippen LogP contribution in [-0.2, 0) is 14.3 Å². The van der Waals surface area contributed by atoms with Crippen molar-refractivity contribution < 1.29 is 23.9 Å². The summed E-state index contributed by atoms with van der Waals surface area (Å²) in [5.74, 6) is 2.10. The minimum Gasteiger partial charge on any atom is -0.462 e. The minimum absolute atomic E-state index is 0.0258. The number of ether oxygens (including phenoxy) is 2. The van der Waals surface area contributed by atoms with Gasteiger partial charge in [-0.05, 0) is 46.2 Å². The Morgan fingerprint density at radius 2 is 1.86 bits per heavy atom. The first-order valence-corrected chi connectivity index (χ1v) is 13.8. The zero-order chi connectivity index (χ0) is 25.9. The van der Waals surface area contributed by atoms with Gasteiger partial charge in [-0.15, -0.1) is 11.8 Å². The monoisotopic (exact) mass is 519 g/mol. The fourth-order valence-corrected chi connectivity index (χ4v) is 5.81. The minimum atomic E-state index is -0.617. The number of nitrogens with zero attached hydrogens (tertiary/aromatic N) is 5. The molecule has 3 saturated heterocycles. The number of thioether (sulfide) groups is 1. The van der Waals surface area contributed by atoms with Crippen LogP contribution in [0.5, 0.6) is 0 Å². The van der Waals surface area contributed by atoms with Gasteiger partial charge >= 0.3 is 12.1 Å². The van der Waals surface area contributed by atoms with Crippen LogP contribution in [0, 0.1) is 0 Å². The Balaban J connectivity index is 1.38. The first-order chi connectivity index (χ1) is 17.2. The van der Waals surface area contributed by atoms with Crippen molar-refractivity contribution in [3.05, 3.63) is 23.9 Å². The van der Waals surface area contributed by atoms with Gasteiger partial charge in [0.1, 0.15) is 17.5 Å². The lowest BCUT2D eigenvalue weighted by Crippen LogP contribution is -2.51. The number of likely N-dealkylation sites (tertiary alicyclic amines) is 1. The average molecular weight is 520 g/mol. The smallest absolute Gasteiger partial charge is 0.411 e. The maximum absolute atomic E-state index is 13.3. The third-order valence-electron chi connectivity index (χ3n) is 6.67. The molecule has 0 saturated carbocycles. The molecule has 198 valence electrons. The molecule has 3 fully saturated rings. The Labute approximate surface area is 217 Å². The molecule has 0 spiro atoms. The topological polar surface area (TPSA) is 95.5 Å². The summed E-state index contributed by atoms with van der Waals surface area (Å²) in [5, 5.41) is 0. The fraction of sp³-hybridized carbons (Fsp3) is 0.680. The van der Waals surface area contributed by atoms with Crippen molar-refractivity contribution in [3.8, 4) is 0 Å². The molecule has 4 heterocycles. The number of piperazine rings is 1. The number of anilines is 1. The molecule has 1 aromatic rings. The molecule has 36 heavy (non-hydrogen) atoms. The van der Waals surface area contributed by atoms with Gasteiger partial charge in [0.25, 0.3) is 0 Å². The summed E-state index contributed by atoms with van der Waals surface area (Å²) < 4.78 is 10.7. The van der Waals surface area contributed by atoms with Crippen LogP contribution in [0.15, 0.2) is 18.3 Å². The van der Waals surface area contributed by atoms with Gasteiger partial charge in [-0.25, -0.2) is 14.6 Å². The number of esters is 1. The van der Waals surface area contributed by atoms with Gasteiger partial charge in [0.2, 0.25) is 5.91 Å². The molecule has 0 unspecified atom stereocenters. The van der Waals surface area contributed by atoms with E-state index in [1.54, 1.807) is 35.8 Å². The molecule has 10 nitrogen and oxygen atoms in total. The molecular weight excluding hydrogens is 482 g/mol. The summed E-state index contributed by atoms with van der Waals surface area (Å²) in [6, 6.07) is 3.21. The number of hydrogen-bond acceptors (Lipinski definition) is 9. The van der Waals surface area contributed by atoms with Crippen LogP contribution in [0.3, 0.4) is 0 Å². The van der Waals surface area contributed by atoms with Crippen molar-refractivity contribution in [1.29, 1.82) is 0 Å². The summed E-state index contributed by atoms with van der Waals surface area (Å²) in [7, 11) is 0. The third kappa shape index (κ3) is 6.23. The second-order valence-electron chi connectivity index (χ2n) is 10.3. The molecule has 0 aliphatic carbocycles. The maximum atomic E-state index is 13.3. The number of pyridine rings is 1. The van der Waals surface area contributed by atoms with Gasteiger partial charge in [0, 0.05) is 57.3 Å². The molecule has 0 bridgehead atoms. The summed E-state index contributed by atoms with van der Waals surface area (Å²) in [6.07, 6.45) is 1.76. The first-order valence-electron chi connectivity index (χ1n) is 12.6. The predicted octanol–water partition coefficient (Wildman–Crippen LogP) is 2.29. The van der Waals surface area contributed by atoms with Crippen LogP contribution in [-0.4, -0.2) is 113 Å². The number of aromatic nitrogens is 1. The van der Waals surface area contributed by atoms with E-state index >= 15 is 0 Å². The van der Waals surface area contributed by atoms with Crippen molar-refractivity contribution in [2.45, 2.75) is 51.8 Å². The van der Waals surface area contributed by atoms with Crippen LogP contribution in [0.1, 0.15) is 44.5 Å². The molecule has 0 aromatic carbocycles. The highest BCUT2D eigenvalue weighted by Gasteiger charge is 2.45. The zero-order valence-corrected chi connectivity index (χ0v) is 22.5. The highest BCUT2D eigenvalue weighted by atomic mass is 32.2. The summed E-state index contributed by atoms with van der Waals surface area (Å²) in [4.78, 5) is 50.7. The van der Waals surface area contributed by atoms with Crippen molar-refractivity contribution in [2.24, 2.45) is 0 Å². The Bertz CT molecular complexity index is 939. The highest BCUT2D eigenvalue weighted by Crippen LogP contribution is 2.29. The Hall–Kier alpha value is -2.53. The van der Waals surface area contributed by atoms with Gasteiger partial charge in [-0.3, -0.25) is 14.6 Å². The van der Waals surface area contributed by atoms with Gasteiger partial charge in [0.05, 0.1) is 18.0 Å². The van der Waals surface area contributed by atoms with E-state index in [-0.39, 0.29) is 17.9 Å². The normalized spacial score (nSPS) is 23.2. The molecule has 1 aromatic heterocycles. The molecule has 2 amide bonds. The summed E-state index contributed by atoms with van der Waals surface area (Å²) >= 11 is 1.74. The van der Waals surface area contributed by atoms with Crippen LogP contribution in [0.2, 0.25) is 0 Å². The predicted molar refractivity (Wildman–Crippen MR) is 138 cm³/mol. The lowest BCUT2D eigenvalue weighted by atomic mass is 10.1. The number of carbonyl (C=O) groups is 3. The van der Waals surface area contributed by atoms with E-state index in [0.29, 0.717) is 31.0 Å². The lowest BCUT2D eigenvalue weighted by Gasteiger charge is -2.38. The molecular formula is C25H37N5O5S. The second-order valence-corrected chi connectivity index (χ2v) is 11.4. The van der Waals surface area contributed by atoms with Gasteiger partial charge in [-0.2, -0.15) is 0 Å². The van der Waals surface area contributed by atoms with E-state index in [1.807, 2.05) is 31.7 Å². The number of amides is 2. The SMILES string of the molecule is CCOC(=O)c1ccc(N2CCN([C@H]3C[C@@H](C(=O)N4CCSC4)N(C(=O)OC(C)(C)C)C3)CC2)nc1. The standard InChI is InChI=1S/C25H37N5O5S/c1-5-34-23(32)18-6-7-21(26-15-18)28-10-8-27(9-11-28)19-14-20(22(31)29-12-13-36-17-29)30(16-19)24(33)35-25(2,3)4/h6-7,15,19-20H,5,8-14,16-17H2,1-4H3/t19-,20-/m0/s1. The summed E-state index contributed by atoms with van der Waals surface area (Å²) in [6.45, 7) is 12.0. The van der Waals surface area contributed by atoms with Crippen molar-refractivity contribution in [3.63, 3.8) is 0 Å². The van der Waals surface area contributed by atoms with Crippen LogP contribution < -0.4 is 4.90 Å². The maximum Gasteiger partial charge on any atom is 0.411 e. The van der Waals surface area contributed by atoms with E-state index in [2.05, 4.69) is 14.8 Å². The summed E-state index contributed by atoms with van der Waals surface area (Å²) in [5.41, 5.74) is -0.173. The Morgan fingerprint density at radius 3 is 2.44 bits per heavy atom. The number of rotatable bonds is 5. The van der Waals surface area contributed by atoms with Crippen LogP contribution >= 0.6 is 11.8 Å². The zero-order valence-electron chi connectivity index (χ0n) is 21.6. The van der Waals surface area contributed by atoms with E-state index in [9.17, 15) is 14.4 Å². The second kappa shape index (κ2) is 11.2. The van der Waals surface area contributed by atoms with Crippen molar-refractivity contribution in [2.75, 3.05) is 62.4 Å². The Kier molecular flexibility index (Phi) is 8.29. The number of hydrogen-bond donors (Lipinski definition) is 0. The van der Waals surface area contributed by atoms with E-state index < -0.39 is 17.7 Å². The Morgan fingerprint density at radius 1 is 1.11 bits per heavy atom. The van der Waals surface area contributed by atoms with Crippen molar-refractivity contribution in [1.82, 2.24) is 19.7 Å². The molecule has 2 atom stereocenters. The first kappa shape index (κ1) is 26.5. The van der Waals surface area contributed by atoms with E-state index in [1.165, 1.54) is 0 Å². The molecule has 11 heteroatoms. The average Bonchev–Trinajstić information content (AvgIpc) is 3.54. The van der Waals surface area contributed by atoms with Gasteiger partial charge in [0.15, 0.2) is 0 Å². The molecule has 0 radical (unpaired) electrons. The molecule has 4 rings (SSSR count). The van der Waals surface area contributed by atoms with Gasteiger partial charge < -0.3 is 19.3 Å². The fourth-order valence-electron chi connectivity index (χ4n) is 4.86. The lowest BCUT2D eigenvalue weighted by molar-refractivity contribution is -0.134. The highest BCUT2D eigenvalue weighted by molar-refractivity contribution is 7.99. The van der Waals surface area contributed by atoms with E-state index in [0.717, 1.165) is 44.3 Å². The van der Waals surface area contributed by atoms with Gasteiger partial charge in [-0.1, -0.05) is 0 Å².